The van der Waals surface area contributed by atoms with E-state index in [4.69, 9.17) is 4.74 Å². The Hall–Kier alpha value is -0.750. The number of alkyl halides is 2. The molecule has 0 aliphatic carbocycles. The van der Waals surface area contributed by atoms with Gasteiger partial charge in [-0.1, -0.05) is 6.92 Å². The molecule has 104 valence electrons. The molecule has 1 unspecified atom stereocenters. The van der Waals surface area contributed by atoms with Gasteiger partial charge in [0, 0.05) is 12.6 Å². The highest BCUT2D eigenvalue weighted by Gasteiger charge is 2.51. The van der Waals surface area contributed by atoms with Crippen LogP contribution in [0.15, 0.2) is 0 Å². The van der Waals surface area contributed by atoms with Crippen LogP contribution in [0, 0.1) is 0 Å². The van der Waals surface area contributed by atoms with Crippen molar-refractivity contribution in [3.05, 3.63) is 0 Å². The quantitative estimate of drug-likeness (QED) is 0.768. The maximum Gasteiger partial charge on any atom is 0.377 e. The minimum absolute atomic E-state index is 0.407. The number of hydrogen-bond acceptors (Lipinski definition) is 4. The summed E-state index contributed by atoms with van der Waals surface area (Å²) in [5.74, 6) is -4.66. The van der Waals surface area contributed by atoms with E-state index in [2.05, 4.69) is 10.2 Å². The molecule has 6 heteroatoms. The number of rotatable bonds is 4. The third kappa shape index (κ3) is 2.98. The minimum atomic E-state index is -3.29. The fourth-order valence-electron chi connectivity index (χ4n) is 2.72. The predicted octanol–water partition coefficient (Wildman–Crippen LogP) is 1.01. The Labute approximate surface area is 106 Å². The molecule has 2 rings (SSSR count). The Kier molecular flexibility index (Phi) is 4.17. The maximum absolute atomic E-state index is 13.1. The molecule has 2 aliphatic rings. The molecule has 4 nitrogen and oxygen atoms in total. The number of esters is 1. The van der Waals surface area contributed by atoms with Gasteiger partial charge in [-0.2, -0.15) is 8.78 Å². The van der Waals surface area contributed by atoms with Gasteiger partial charge in [0.05, 0.1) is 6.42 Å². The molecule has 18 heavy (non-hydrogen) atoms. The second kappa shape index (κ2) is 5.48. The van der Waals surface area contributed by atoms with Gasteiger partial charge in [0.2, 0.25) is 0 Å². The first-order valence-corrected chi connectivity index (χ1v) is 6.56. The summed E-state index contributed by atoms with van der Waals surface area (Å²) in [6.45, 7) is 5.15. The molecule has 2 aliphatic heterocycles. The van der Waals surface area contributed by atoms with Gasteiger partial charge in [-0.15, -0.1) is 0 Å². The van der Waals surface area contributed by atoms with Crippen LogP contribution in [0.5, 0.6) is 0 Å². The van der Waals surface area contributed by atoms with E-state index in [0.717, 1.165) is 32.5 Å². The standard InChI is InChI=1S/C12H20F2N2O2/c1-2-16(9-3-5-15-6-4-9)8-10-7-12(13,14)11(17)18-10/h9-10,15H,2-8H2,1H3. The Morgan fingerprint density at radius 2 is 2.11 bits per heavy atom. The molecule has 1 N–H and O–H groups in total. The summed E-state index contributed by atoms with van der Waals surface area (Å²) in [5, 5.41) is 3.28. The summed E-state index contributed by atoms with van der Waals surface area (Å²) in [6.07, 6.45) is 0.894. The van der Waals surface area contributed by atoms with Gasteiger partial charge < -0.3 is 10.1 Å². The van der Waals surface area contributed by atoms with Crippen LogP contribution in [-0.2, 0) is 9.53 Å². The van der Waals surface area contributed by atoms with Crippen LogP contribution in [0.3, 0.4) is 0 Å². The molecular formula is C12H20F2N2O2. The number of carbonyl (C=O) groups excluding carboxylic acids is 1. The molecule has 2 fully saturated rings. The largest absolute Gasteiger partial charge is 0.456 e. The molecule has 0 saturated carbocycles. The van der Waals surface area contributed by atoms with Crippen molar-refractivity contribution in [2.75, 3.05) is 26.2 Å². The molecule has 0 spiro atoms. The van der Waals surface area contributed by atoms with Gasteiger partial charge in [0.1, 0.15) is 6.10 Å². The number of hydrogen-bond donors (Lipinski definition) is 1. The second-order valence-corrected chi connectivity index (χ2v) is 5.00. The topological polar surface area (TPSA) is 41.6 Å². The zero-order valence-electron chi connectivity index (χ0n) is 10.6. The summed E-state index contributed by atoms with van der Waals surface area (Å²) >= 11 is 0. The molecule has 0 aromatic heterocycles. The molecule has 0 radical (unpaired) electrons. The van der Waals surface area contributed by atoms with Crippen LogP contribution < -0.4 is 5.32 Å². The lowest BCUT2D eigenvalue weighted by molar-refractivity contribution is -0.159. The lowest BCUT2D eigenvalue weighted by Gasteiger charge is -2.34. The number of halogens is 2. The molecule has 0 amide bonds. The van der Waals surface area contributed by atoms with E-state index in [1.165, 1.54) is 0 Å². The summed E-state index contributed by atoms with van der Waals surface area (Å²) in [5.41, 5.74) is 0. The van der Waals surface area contributed by atoms with Crippen molar-refractivity contribution >= 4 is 5.97 Å². The number of carbonyl (C=O) groups is 1. The van der Waals surface area contributed by atoms with E-state index in [9.17, 15) is 13.6 Å². The van der Waals surface area contributed by atoms with Gasteiger partial charge >= 0.3 is 11.9 Å². The third-order valence-corrected chi connectivity index (χ3v) is 3.73. The molecule has 2 saturated heterocycles. The Morgan fingerprint density at radius 1 is 1.44 bits per heavy atom. The Balaban J connectivity index is 1.89. The van der Waals surface area contributed by atoms with Crippen LogP contribution in [0.1, 0.15) is 26.2 Å². The van der Waals surface area contributed by atoms with Crippen molar-refractivity contribution in [2.45, 2.75) is 44.3 Å². The first kappa shape index (κ1) is 13.7. The van der Waals surface area contributed by atoms with Crippen molar-refractivity contribution in [1.82, 2.24) is 10.2 Å². The molecule has 0 aromatic rings. The average Bonchev–Trinajstić information content (AvgIpc) is 2.61. The Morgan fingerprint density at radius 3 is 2.61 bits per heavy atom. The van der Waals surface area contributed by atoms with Crippen molar-refractivity contribution < 1.29 is 18.3 Å². The van der Waals surface area contributed by atoms with Gasteiger partial charge in [-0.05, 0) is 32.5 Å². The monoisotopic (exact) mass is 262 g/mol. The van der Waals surface area contributed by atoms with Crippen LogP contribution in [-0.4, -0.2) is 55.1 Å². The third-order valence-electron chi connectivity index (χ3n) is 3.73. The molecule has 0 aromatic carbocycles. The fraction of sp³-hybridized carbons (Fsp3) is 0.917. The zero-order valence-corrected chi connectivity index (χ0v) is 10.6. The number of ether oxygens (including phenoxy) is 1. The highest BCUT2D eigenvalue weighted by molar-refractivity contribution is 5.79. The van der Waals surface area contributed by atoms with Gasteiger partial charge in [0.15, 0.2) is 0 Å². The smallest absolute Gasteiger partial charge is 0.377 e. The maximum atomic E-state index is 13.1. The summed E-state index contributed by atoms with van der Waals surface area (Å²) in [7, 11) is 0. The van der Waals surface area contributed by atoms with E-state index >= 15 is 0 Å². The zero-order chi connectivity index (χ0) is 13.2. The normalized spacial score (nSPS) is 28.7. The predicted molar refractivity (Wildman–Crippen MR) is 62.6 cm³/mol. The van der Waals surface area contributed by atoms with Gasteiger partial charge in [-0.25, -0.2) is 4.79 Å². The lowest BCUT2D eigenvalue weighted by atomic mass is 10.0. The molecule has 0 bridgehead atoms. The average molecular weight is 262 g/mol. The highest BCUT2D eigenvalue weighted by Crippen LogP contribution is 2.31. The number of nitrogens with one attached hydrogen (secondary N) is 1. The SMILES string of the molecule is CCN(CC1CC(F)(F)C(=O)O1)C1CCNCC1. The summed E-state index contributed by atoms with van der Waals surface area (Å²) in [4.78, 5) is 13.1. The van der Waals surface area contributed by atoms with Crippen LogP contribution in [0.4, 0.5) is 8.78 Å². The number of likely N-dealkylation sites (N-methyl/N-ethyl adjacent to an activating group) is 1. The minimum Gasteiger partial charge on any atom is -0.456 e. The highest BCUT2D eigenvalue weighted by atomic mass is 19.3. The number of cyclic esters (lactones) is 1. The molecule has 1 atom stereocenters. The fourth-order valence-corrected chi connectivity index (χ4v) is 2.72. The van der Waals surface area contributed by atoms with Crippen molar-refractivity contribution in [1.29, 1.82) is 0 Å². The van der Waals surface area contributed by atoms with E-state index in [1.54, 1.807) is 0 Å². The van der Waals surface area contributed by atoms with E-state index in [1.807, 2.05) is 6.92 Å². The van der Waals surface area contributed by atoms with Crippen molar-refractivity contribution in [3.8, 4) is 0 Å². The molecule has 2 heterocycles. The van der Waals surface area contributed by atoms with Crippen LogP contribution in [0.25, 0.3) is 0 Å². The number of piperidine rings is 1. The van der Waals surface area contributed by atoms with E-state index in [0.29, 0.717) is 12.6 Å². The van der Waals surface area contributed by atoms with E-state index < -0.39 is 24.4 Å². The van der Waals surface area contributed by atoms with E-state index in [-0.39, 0.29) is 0 Å². The van der Waals surface area contributed by atoms with Crippen molar-refractivity contribution in [2.24, 2.45) is 0 Å². The van der Waals surface area contributed by atoms with Crippen molar-refractivity contribution in [3.63, 3.8) is 0 Å². The second-order valence-electron chi connectivity index (χ2n) is 5.00. The van der Waals surface area contributed by atoms with Gasteiger partial charge in [-0.3, -0.25) is 4.90 Å². The van der Waals surface area contributed by atoms with Gasteiger partial charge in [0.25, 0.3) is 0 Å². The first-order chi connectivity index (χ1) is 8.53. The summed E-state index contributed by atoms with van der Waals surface area (Å²) < 4.78 is 30.9. The van der Waals surface area contributed by atoms with Crippen LogP contribution >= 0.6 is 0 Å². The summed E-state index contributed by atoms with van der Waals surface area (Å²) in [6, 6.07) is 0.407. The number of nitrogens with zero attached hydrogens (tertiary/aromatic N) is 1. The molecular weight excluding hydrogens is 242 g/mol. The Bertz CT molecular complexity index is 306. The van der Waals surface area contributed by atoms with Crippen LogP contribution in [0.2, 0.25) is 0 Å². The lowest BCUT2D eigenvalue weighted by Crippen LogP contribution is -2.46. The first-order valence-electron chi connectivity index (χ1n) is 6.56.